The number of nitrogens with one attached hydrogen (secondary N) is 1. The number of terminal acetylenes is 1. The Morgan fingerprint density at radius 2 is 2.27 bits per heavy atom. The van der Waals surface area contributed by atoms with Gasteiger partial charge in [0, 0.05) is 13.1 Å². The molecule has 64 valence electrons. The summed E-state index contributed by atoms with van der Waals surface area (Å²) in [4.78, 5) is 2.19. The van der Waals surface area contributed by atoms with Crippen LogP contribution in [0.4, 0.5) is 0 Å². The number of hydrogen-bond donors (Lipinski definition) is 1. The maximum absolute atomic E-state index is 5.34. The van der Waals surface area contributed by atoms with Crippen molar-refractivity contribution in [2.45, 2.75) is 19.4 Å². The van der Waals surface area contributed by atoms with E-state index >= 15 is 0 Å². The molecule has 1 unspecified atom stereocenters. The van der Waals surface area contributed by atoms with E-state index in [0.29, 0.717) is 6.04 Å². The second-order valence-electron chi connectivity index (χ2n) is 2.67. The molecule has 0 fully saturated rings. The first-order valence-corrected chi connectivity index (χ1v) is 4.07. The Balaban J connectivity index is 3.62. The van der Waals surface area contributed by atoms with Gasteiger partial charge in [-0.3, -0.25) is 4.90 Å². The molecule has 2 heteroatoms. The van der Waals surface area contributed by atoms with Gasteiger partial charge in [-0.25, -0.2) is 0 Å². The lowest BCUT2D eigenvalue weighted by Gasteiger charge is -2.21. The van der Waals surface area contributed by atoms with Crippen molar-refractivity contribution in [2.75, 3.05) is 27.2 Å². The van der Waals surface area contributed by atoms with Gasteiger partial charge in [-0.2, -0.15) is 0 Å². The van der Waals surface area contributed by atoms with Crippen LogP contribution in [0.1, 0.15) is 13.3 Å². The summed E-state index contributed by atoms with van der Waals surface area (Å²) < 4.78 is 0. The highest BCUT2D eigenvalue weighted by Crippen LogP contribution is 1.97. The second-order valence-corrected chi connectivity index (χ2v) is 2.67. The van der Waals surface area contributed by atoms with Crippen molar-refractivity contribution in [2.24, 2.45) is 0 Å². The SMILES string of the molecule is C#CC(CC)N(C)CCNC. The molecular weight excluding hydrogens is 136 g/mol. The van der Waals surface area contributed by atoms with Crippen LogP contribution in [0.2, 0.25) is 0 Å². The van der Waals surface area contributed by atoms with Gasteiger partial charge in [-0.05, 0) is 20.5 Å². The van der Waals surface area contributed by atoms with E-state index in [9.17, 15) is 0 Å². The average molecular weight is 154 g/mol. The fourth-order valence-corrected chi connectivity index (χ4v) is 1.00. The molecule has 0 saturated heterocycles. The standard InChI is InChI=1S/C9H18N2/c1-5-9(6-2)11(4)8-7-10-3/h1,9-10H,6-8H2,2-4H3. The summed E-state index contributed by atoms with van der Waals surface area (Å²) in [5, 5.41) is 3.09. The number of nitrogens with zero attached hydrogens (tertiary/aromatic N) is 1. The topological polar surface area (TPSA) is 15.3 Å². The van der Waals surface area contributed by atoms with Crippen molar-refractivity contribution < 1.29 is 0 Å². The van der Waals surface area contributed by atoms with Crippen LogP contribution in [0.25, 0.3) is 0 Å². The summed E-state index contributed by atoms with van der Waals surface area (Å²) in [5.41, 5.74) is 0. The molecule has 0 aromatic heterocycles. The van der Waals surface area contributed by atoms with Crippen LogP contribution in [0.15, 0.2) is 0 Å². The Labute approximate surface area is 70.0 Å². The van der Waals surface area contributed by atoms with Crippen molar-refractivity contribution in [1.29, 1.82) is 0 Å². The van der Waals surface area contributed by atoms with Gasteiger partial charge in [0.15, 0.2) is 0 Å². The van der Waals surface area contributed by atoms with E-state index in [1.54, 1.807) is 0 Å². The highest BCUT2D eigenvalue weighted by Gasteiger charge is 2.06. The Bertz CT molecular complexity index is 126. The van der Waals surface area contributed by atoms with Crippen LogP contribution in [-0.2, 0) is 0 Å². The van der Waals surface area contributed by atoms with Gasteiger partial charge < -0.3 is 5.32 Å². The normalized spacial score (nSPS) is 13.0. The van der Waals surface area contributed by atoms with E-state index in [-0.39, 0.29) is 0 Å². The van der Waals surface area contributed by atoms with Crippen molar-refractivity contribution in [3.8, 4) is 12.3 Å². The molecule has 0 aromatic rings. The van der Waals surface area contributed by atoms with E-state index in [1.165, 1.54) is 0 Å². The van der Waals surface area contributed by atoms with E-state index in [4.69, 9.17) is 6.42 Å². The molecular formula is C9H18N2. The summed E-state index contributed by atoms with van der Waals surface area (Å²) >= 11 is 0. The molecule has 0 radical (unpaired) electrons. The third kappa shape index (κ3) is 4.02. The fraction of sp³-hybridized carbons (Fsp3) is 0.778. The van der Waals surface area contributed by atoms with E-state index in [2.05, 4.69) is 30.1 Å². The first-order chi connectivity index (χ1) is 5.26. The van der Waals surface area contributed by atoms with E-state index in [1.807, 2.05) is 7.05 Å². The Morgan fingerprint density at radius 3 is 2.64 bits per heavy atom. The molecule has 0 heterocycles. The lowest BCUT2D eigenvalue weighted by Crippen LogP contribution is -2.34. The Morgan fingerprint density at radius 1 is 1.64 bits per heavy atom. The third-order valence-corrected chi connectivity index (χ3v) is 1.83. The smallest absolute Gasteiger partial charge is 0.0707 e. The summed E-state index contributed by atoms with van der Waals surface area (Å²) in [6.45, 7) is 4.12. The molecule has 0 aliphatic carbocycles. The molecule has 1 N–H and O–H groups in total. The first kappa shape index (κ1) is 10.5. The Hall–Kier alpha value is -0.520. The summed E-state index contributed by atoms with van der Waals surface area (Å²) in [5.74, 6) is 2.76. The second kappa shape index (κ2) is 6.21. The predicted molar refractivity (Wildman–Crippen MR) is 49.5 cm³/mol. The summed E-state index contributed by atoms with van der Waals surface area (Å²) in [6, 6.07) is 0.295. The van der Waals surface area contributed by atoms with E-state index < -0.39 is 0 Å². The van der Waals surface area contributed by atoms with Crippen LogP contribution in [0.5, 0.6) is 0 Å². The van der Waals surface area contributed by atoms with Crippen molar-refractivity contribution in [3.05, 3.63) is 0 Å². The monoisotopic (exact) mass is 154 g/mol. The molecule has 0 aliphatic rings. The number of hydrogen-bond acceptors (Lipinski definition) is 2. The van der Waals surface area contributed by atoms with Gasteiger partial charge in [0.05, 0.1) is 6.04 Å². The van der Waals surface area contributed by atoms with Gasteiger partial charge in [0.25, 0.3) is 0 Å². The maximum Gasteiger partial charge on any atom is 0.0707 e. The maximum atomic E-state index is 5.34. The van der Waals surface area contributed by atoms with Crippen molar-refractivity contribution in [3.63, 3.8) is 0 Å². The quantitative estimate of drug-likeness (QED) is 0.582. The zero-order chi connectivity index (χ0) is 8.69. The molecule has 2 nitrogen and oxygen atoms in total. The molecule has 0 bridgehead atoms. The molecule has 1 atom stereocenters. The van der Waals surface area contributed by atoms with Gasteiger partial charge in [0.1, 0.15) is 0 Å². The van der Waals surface area contributed by atoms with Crippen LogP contribution >= 0.6 is 0 Å². The van der Waals surface area contributed by atoms with Gasteiger partial charge in [0.2, 0.25) is 0 Å². The van der Waals surface area contributed by atoms with Crippen LogP contribution in [0, 0.1) is 12.3 Å². The molecule has 0 aliphatic heterocycles. The number of likely N-dealkylation sites (N-methyl/N-ethyl adjacent to an activating group) is 2. The van der Waals surface area contributed by atoms with Crippen molar-refractivity contribution >= 4 is 0 Å². The number of rotatable bonds is 5. The highest BCUT2D eigenvalue weighted by molar-refractivity contribution is 4.98. The fourth-order valence-electron chi connectivity index (χ4n) is 1.00. The summed E-state index contributed by atoms with van der Waals surface area (Å²) in [6.07, 6.45) is 6.37. The van der Waals surface area contributed by atoms with Crippen LogP contribution in [0.3, 0.4) is 0 Å². The third-order valence-electron chi connectivity index (χ3n) is 1.83. The van der Waals surface area contributed by atoms with Gasteiger partial charge in [-0.1, -0.05) is 12.8 Å². The molecule has 0 amide bonds. The predicted octanol–water partition coefficient (Wildman–Crippen LogP) is 0.549. The minimum Gasteiger partial charge on any atom is -0.318 e. The van der Waals surface area contributed by atoms with Gasteiger partial charge in [-0.15, -0.1) is 6.42 Å². The van der Waals surface area contributed by atoms with Crippen molar-refractivity contribution in [1.82, 2.24) is 10.2 Å². The van der Waals surface area contributed by atoms with Crippen LogP contribution < -0.4 is 5.32 Å². The zero-order valence-corrected chi connectivity index (χ0v) is 7.72. The van der Waals surface area contributed by atoms with E-state index in [0.717, 1.165) is 19.5 Å². The minimum atomic E-state index is 0.295. The molecule has 0 rings (SSSR count). The minimum absolute atomic E-state index is 0.295. The lowest BCUT2D eigenvalue weighted by atomic mass is 10.2. The average Bonchev–Trinajstić information content (AvgIpc) is 2.03. The first-order valence-electron chi connectivity index (χ1n) is 4.07. The molecule has 0 aromatic carbocycles. The largest absolute Gasteiger partial charge is 0.318 e. The lowest BCUT2D eigenvalue weighted by molar-refractivity contribution is 0.285. The molecule has 11 heavy (non-hydrogen) atoms. The molecule has 0 saturated carbocycles. The Kier molecular flexibility index (Phi) is 5.91. The zero-order valence-electron chi connectivity index (χ0n) is 7.72. The summed E-state index contributed by atoms with van der Waals surface area (Å²) in [7, 11) is 4.01. The highest BCUT2D eigenvalue weighted by atomic mass is 15.1. The van der Waals surface area contributed by atoms with Gasteiger partial charge >= 0.3 is 0 Å². The molecule has 0 spiro atoms. The van der Waals surface area contributed by atoms with Crippen LogP contribution in [-0.4, -0.2) is 38.1 Å².